The molecule has 1 amide bonds. The van der Waals surface area contributed by atoms with E-state index in [1.54, 1.807) is 37.6 Å². The zero-order valence-corrected chi connectivity index (χ0v) is 16.2. The number of aromatic amines is 1. The predicted molar refractivity (Wildman–Crippen MR) is 113 cm³/mol. The smallest absolute Gasteiger partial charge is 0.270 e. The first-order valence-electron chi connectivity index (χ1n) is 9.33. The number of nitrogens with one attached hydrogen (secondary N) is 2. The third-order valence-corrected chi connectivity index (χ3v) is 4.58. The van der Waals surface area contributed by atoms with Crippen LogP contribution in [0, 0.1) is 0 Å². The Hall–Kier alpha value is -4.54. The van der Waals surface area contributed by atoms with E-state index in [1.165, 1.54) is 12.7 Å². The molecule has 0 radical (unpaired) electrons. The van der Waals surface area contributed by atoms with E-state index in [-0.39, 0.29) is 14.5 Å². The second-order valence-electron chi connectivity index (χ2n) is 6.68. The molecule has 156 valence electrons. The standard InChI is InChI=1S/C20H15N9O2.2H2/c1-11(17-7-14(29-31-17)19-27-16-8-22-9-25-18(16)28-19)26-20(30)15-6-13(23-10-24-15)12-2-4-21-5-3-12;;/h2-11H,1H3,(H,26,30)(H,22,25,27,28);2*1H/t11-;;/m1../s1. The van der Waals surface area contributed by atoms with Gasteiger partial charge in [-0.2, -0.15) is 0 Å². The van der Waals surface area contributed by atoms with Crippen LogP contribution in [0.4, 0.5) is 0 Å². The number of fused-ring (bicyclic) bond motifs is 1. The van der Waals surface area contributed by atoms with Gasteiger partial charge in [0.1, 0.15) is 29.6 Å². The van der Waals surface area contributed by atoms with Crippen LogP contribution in [0.3, 0.4) is 0 Å². The average molecular weight is 417 g/mol. The molecular weight excluding hydrogens is 398 g/mol. The lowest BCUT2D eigenvalue weighted by Gasteiger charge is -2.10. The molecule has 1 atom stereocenters. The molecule has 0 spiro atoms. The van der Waals surface area contributed by atoms with Crippen molar-refractivity contribution in [1.82, 2.24) is 45.4 Å². The fourth-order valence-corrected chi connectivity index (χ4v) is 2.99. The summed E-state index contributed by atoms with van der Waals surface area (Å²) in [5, 5.41) is 6.89. The summed E-state index contributed by atoms with van der Waals surface area (Å²) < 4.78 is 5.41. The maximum atomic E-state index is 12.7. The van der Waals surface area contributed by atoms with Gasteiger partial charge in [-0.1, -0.05) is 5.16 Å². The molecule has 11 heteroatoms. The van der Waals surface area contributed by atoms with Gasteiger partial charge < -0.3 is 14.8 Å². The van der Waals surface area contributed by atoms with Gasteiger partial charge in [0.25, 0.3) is 5.91 Å². The lowest BCUT2D eigenvalue weighted by molar-refractivity contribution is 0.0928. The normalized spacial score (nSPS) is 12.0. The van der Waals surface area contributed by atoms with Crippen molar-refractivity contribution in [2.24, 2.45) is 0 Å². The average Bonchev–Trinajstić information content (AvgIpc) is 3.47. The highest BCUT2D eigenvalue weighted by atomic mass is 16.5. The second-order valence-corrected chi connectivity index (χ2v) is 6.68. The number of carbonyl (C=O) groups excluding carboxylic acids is 1. The van der Waals surface area contributed by atoms with E-state index in [9.17, 15) is 4.79 Å². The van der Waals surface area contributed by atoms with Gasteiger partial charge in [0.15, 0.2) is 17.2 Å². The Kier molecular flexibility index (Phi) is 4.60. The van der Waals surface area contributed by atoms with E-state index in [0.29, 0.717) is 34.1 Å². The predicted octanol–water partition coefficient (Wildman–Crippen LogP) is 2.84. The van der Waals surface area contributed by atoms with Crippen molar-refractivity contribution in [3.8, 4) is 22.8 Å². The molecule has 0 aliphatic rings. The fraction of sp³-hybridized carbons (Fsp3) is 0.100. The molecule has 0 fully saturated rings. The van der Waals surface area contributed by atoms with Crippen LogP contribution in [0.15, 0.2) is 60.0 Å². The summed E-state index contributed by atoms with van der Waals surface area (Å²) in [6.07, 6.45) is 7.73. The first-order valence-corrected chi connectivity index (χ1v) is 9.33. The molecule has 0 saturated heterocycles. The lowest BCUT2D eigenvalue weighted by Crippen LogP contribution is -2.27. The summed E-state index contributed by atoms with van der Waals surface area (Å²) in [6, 6.07) is 6.51. The van der Waals surface area contributed by atoms with Gasteiger partial charge in [0.2, 0.25) is 0 Å². The number of rotatable bonds is 5. The molecule has 5 heterocycles. The van der Waals surface area contributed by atoms with Crippen LogP contribution in [0.1, 0.15) is 32.1 Å². The molecule has 5 aromatic heterocycles. The van der Waals surface area contributed by atoms with Crippen molar-refractivity contribution in [3.05, 3.63) is 67.0 Å². The van der Waals surface area contributed by atoms with Gasteiger partial charge in [-0.3, -0.25) is 9.78 Å². The molecule has 2 N–H and O–H groups in total. The molecule has 5 rings (SSSR count). The number of carbonyl (C=O) groups is 1. The number of hydrogen-bond donors (Lipinski definition) is 2. The van der Waals surface area contributed by atoms with Crippen LogP contribution >= 0.6 is 0 Å². The van der Waals surface area contributed by atoms with Crippen LogP contribution in [0.5, 0.6) is 0 Å². The van der Waals surface area contributed by atoms with Gasteiger partial charge in [-0.25, -0.2) is 24.9 Å². The largest absolute Gasteiger partial charge is 0.358 e. The number of hydrogen-bond acceptors (Lipinski definition) is 9. The molecule has 0 aromatic carbocycles. The van der Waals surface area contributed by atoms with Gasteiger partial charge in [-0.15, -0.1) is 0 Å². The minimum absolute atomic E-state index is 0. The maximum Gasteiger partial charge on any atom is 0.270 e. The number of imidazole rings is 1. The highest BCUT2D eigenvalue weighted by Gasteiger charge is 2.19. The first-order chi connectivity index (χ1) is 15.2. The van der Waals surface area contributed by atoms with Crippen molar-refractivity contribution >= 4 is 17.1 Å². The molecule has 0 unspecified atom stereocenters. The van der Waals surface area contributed by atoms with E-state index in [1.807, 2.05) is 12.1 Å². The third-order valence-electron chi connectivity index (χ3n) is 4.58. The summed E-state index contributed by atoms with van der Waals surface area (Å²) in [6.45, 7) is 1.79. The van der Waals surface area contributed by atoms with Gasteiger partial charge in [0, 0.05) is 26.9 Å². The van der Waals surface area contributed by atoms with Crippen LogP contribution in [-0.4, -0.2) is 46.0 Å². The van der Waals surface area contributed by atoms with Gasteiger partial charge >= 0.3 is 0 Å². The summed E-state index contributed by atoms with van der Waals surface area (Å²) in [4.78, 5) is 40.5. The Morgan fingerprint density at radius 3 is 2.81 bits per heavy atom. The Bertz CT molecular complexity index is 1340. The lowest BCUT2D eigenvalue weighted by atomic mass is 10.1. The van der Waals surface area contributed by atoms with Crippen molar-refractivity contribution in [3.63, 3.8) is 0 Å². The number of amides is 1. The SMILES string of the molecule is C[C@@H](NC(=O)c1cc(-c2ccncc2)ncn1)c1cc(-c2nc3ncncc3[nH]2)no1.[HH].[HH]. The Morgan fingerprint density at radius 1 is 1.10 bits per heavy atom. The number of pyridine rings is 1. The molecule has 31 heavy (non-hydrogen) atoms. The molecule has 0 bridgehead atoms. The van der Waals surface area contributed by atoms with E-state index in [0.717, 1.165) is 5.56 Å². The van der Waals surface area contributed by atoms with E-state index in [2.05, 4.69) is 45.4 Å². The quantitative estimate of drug-likeness (QED) is 0.440. The zero-order chi connectivity index (χ0) is 21.2. The second kappa shape index (κ2) is 7.71. The molecular formula is C20H19N9O2. The van der Waals surface area contributed by atoms with Crippen LogP contribution in [0.25, 0.3) is 33.9 Å². The Balaban J connectivity index is 0.00000153. The zero-order valence-electron chi connectivity index (χ0n) is 16.2. The van der Waals surface area contributed by atoms with Gasteiger partial charge in [-0.05, 0) is 25.1 Å². The first kappa shape index (κ1) is 18.5. The van der Waals surface area contributed by atoms with Crippen LogP contribution < -0.4 is 5.32 Å². The Labute approximate surface area is 178 Å². The highest BCUT2D eigenvalue weighted by Crippen LogP contribution is 2.22. The minimum Gasteiger partial charge on any atom is -0.358 e. The topological polar surface area (TPSA) is 148 Å². The fourth-order valence-electron chi connectivity index (χ4n) is 2.99. The van der Waals surface area contributed by atoms with Crippen molar-refractivity contribution < 1.29 is 12.2 Å². The summed E-state index contributed by atoms with van der Waals surface area (Å²) in [7, 11) is 0. The minimum atomic E-state index is -0.447. The highest BCUT2D eigenvalue weighted by molar-refractivity contribution is 5.93. The van der Waals surface area contributed by atoms with Crippen molar-refractivity contribution in [2.45, 2.75) is 13.0 Å². The van der Waals surface area contributed by atoms with Crippen LogP contribution in [-0.2, 0) is 0 Å². The number of aromatic nitrogens is 8. The maximum absolute atomic E-state index is 12.7. The van der Waals surface area contributed by atoms with E-state index >= 15 is 0 Å². The number of nitrogens with zero attached hydrogens (tertiary/aromatic N) is 7. The van der Waals surface area contributed by atoms with Crippen molar-refractivity contribution in [1.29, 1.82) is 0 Å². The molecule has 0 aliphatic heterocycles. The van der Waals surface area contributed by atoms with E-state index in [4.69, 9.17) is 4.52 Å². The summed E-state index contributed by atoms with van der Waals surface area (Å²) >= 11 is 0. The number of H-pyrrole nitrogens is 1. The molecule has 0 aliphatic carbocycles. The molecule has 0 saturated carbocycles. The van der Waals surface area contributed by atoms with Crippen LogP contribution in [0.2, 0.25) is 0 Å². The third kappa shape index (κ3) is 3.71. The molecule has 11 nitrogen and oxygen atoms in total. The van der Waals surface area contributed by atoms with E-state index < -0.39 is 6.04 Å². The van der Waals surface area contributed by atoms with Gasteiger partial charge in [0.05, 0.1) is 17.9 Å². The Morgan fingerprint density at radius 2 is 1.97 bits per heavy atom. The summed E-state index contributed by atoms with van der Waals surface area (Å²) in [5.41, 5.74) is 3.43. The monoisotopic (exact) mass is 417 g/mol. The molecule has 5 aromatic rings. The summed E-state index contributed by atoms with van der Waals surface area (Å²) in [5.74, 6) is 0.613. The van der Waals surface area contributed by atoms with Crippen molar-refractivity contribution in [2.75, 3.05) is 0 Å².